The van der Waals surface area contributed by atoms with Crippen molar-refractivity contribution in [3.05, 3.63) is 73.2 Å². The SMILES string of the molecule is Cc1ccc(-c2nc3cc(NC(=O)COc4c(Cl)c(C)c(Cl)c(C)c4Cl)ccc3o2)c(Cl)c1. The van der Waals surface area contributed by atoms with Gasteiger partial charge in [-0.1, -0.05) is 52.5 Å². The van der Waals surface area contributed by atoms with E-state index in [1.165, 1.54) is 0 Å². The summed E-state index contributed by atoms with van der Waals surface area (Å²) in [4.78, 5) is 17.0. The number of carbonyl (C=O) groups is 1. The Morgan fingerprint density at radius 2 is 1.67 bits per heavy atom. The van der Waals surface area contributed by atoms with E-state index >= 15 is 0 Å². The molecule has 3 aromatic carbocycles. The minimum Gasteiger partial charge on any atom is -0.481 e. The summed E-state index contributed by atoms with van der Waals surface area (Å²) >= 11 is 25.1. The Morgan fingerprint density at radius 3 is 2.33 bits per heavy atom. The molecule has 0 spiro atoms. The van der Waals surface area contributed by atoms with Crippen molar-refractivity contribution in [2.24, 2.45) is 0 Å². The number of amides is 1. The van der Waals surface area contributed by atoms with Gasteiger partial charge in [0.05, 0.1) is 20.6 Å². The molecule has 0 bridgehead atoms. The van der Waals surface area contributed by atoms with Crippen LogP contribution in [0.3, 0.4) is 0 Å². The standard InChI is InChI=1S/C24H18Cl4N2O3/c1-11-4-6-15(16(25)8-11)24-30-17-9-14(5-7-18(17)33-24)29-19(31)10-32-23-21(27)12(2)20(26)13(3)22(23)28/h4-9H,10H2,1-3H3,(H,29,31). The third kappa shape index (κ3) is 4.78. The summed E-state index contributed by atoms with van der Waals surface area (Å²) in [7, 11) is 0. The number of aryl methyl sites for hydroxylation is 1. The Kier molecular flexibility index (Phi) is 6.78. The van der Waals surface area contributed by atoms with Crippen molar-refractivity contribution in [1.29, 1.82) is 0 Å². The van der Waals surface area contributed by atoms with Gasteiger partial charge in [0.25, 0.3) is 5.91 Å². The van der Waals surface area contributed by atoms with Crippen LogP contribution >= 0.6 is 46.4 Å². The molecule has 170 valence electrons. The summed E-state index contributed by atoms with van der Waals surface area (Å²) in [6.45, 7) is 5.18. The molecule has 1 aromatic heterocycles. The molecule has 5 nitrogen and oxygen atoms in total. The van der Waals surface area contributed by atoms with Gasteiger partial charge in [-0.15, -0.1) is 0 Å². The van der Waals surface area contributed by atoms with E-state index in [4.69, 9.17) is 55.6 Å². The van der Waals surface area contributed by atoms with Crippen LogP contribution in [0.4, 0.5) is 5.69 Å². The fourth-order valence-electron chi connectivity index (χ4n) is 3.29. The summed E-state index contributed by atoms with van der Waals surface area (Å²) in [5, 5.41) is 4.33. The first-order chi connectivity index (χ1) is 15.7. The van der Waals surface area contributed by atoms with Gasteiger partial charge in [-0.25, -0.2) is 4.98 Å². The van der Waals surface area contributed by atoms with Gasteiger partial charge in [-0.2, -0.15) is 0 Å². The molecule has 33 heavy (non-hydrogen) atoms. The van der Waals surface area contributed by atoms with Crippen molar-refractivity contribution in [3.8, 4) is 17.2 Å². The summed E-state index contributed by atoms with van der Waals surface area (Å²) in [6, 6.07) is 10.8. The van der Waals surface area contributed by atoms with E-state index in [0.717, 1.165) is 5.56 Å². The normalized spacial score (nSPS) is 11.1. The molecular formula is C24H18Cl4N2O3. The molecular weight excluding hydrogens is 506 g/mol. The highest BCUT2D eigenvalue weighted by atomic mass is 35.5. The monoisotopic (exact) mass is 522 g/mol. The second-order valence-corrected chi connectivity index (χ2v) is 9.08. The molecule has 0 saturated heterocycles. The largest absolute Gasteiger partial charge is 0.481 e. The van der Waals surface area contributed by atoms with Crippen LogP contribution in [0.25, 0.3) is 22.6 Å². The zero-order chi connectivity index (χ0) is 23.9. The van der Waals surface area contributed by atoms with Crippen molar-refractivity contribution >= 4 is 69.1 Å². The van der Waals surface area contributed by atoms with Crippen LogP contribution in [-0.2, 0) is 4.79 Å². The molecule has 0 aliphatic carbocycles. The topological polar surface area (TPSA) is 64.4 Å². The first kappa shape index (κ1) is 23.7. The molecule has 0 aliphatic rings. The van der Waals surface area contributed by atoms with Crippen molar-refractivity contribution in [1.82, 2.24) is 4.98 Å². The highest BCUT2D eigenvalue weighted by Gasteiger charge is 2.19. The van der Waals surface area contributed by atoms with Gasteiger partial charge in [0, 0.05) is 10.7 Å². The number of nitrogens with zero attached hydrogens (tertiary/aromatic N) is 1. The second kappa shape index (κ2) is 9.43. The molecule has 0 saturated carbocycles. The Bertz CT molecular complexity index is 1370. The van der Waals surface area contributed by atoms with Gasteiger partial charge in [0.1, 0.15) is 5.52 Å². The van der Waals surface area contributed by atoms with Gasteiger partial charge in [-0.05, 0) is 67.8 Å². The highest BCUT2D eigenvalue weighted by Crippen LogP contribution is 2.42. The smallest absolute Gasteiger partial charge is 0.262 e. The Hall–Kier alpha value is -2.44. The van der Waals surface area contributed by atoms with E-state index in [2.05, 4.69) is 10.3 Å². The van der Waals surface area contributed by atoms with E-state index in [9.17, 15) is 4.79 Å². The summed E-state index contributed by atoms with van der Waals surface area (Å²) < 4.78 is 11.4. The van der Waals surface area contributed by atoms with Crippen LogP contribution in [-0.4, -0.2) is 17.5 Å². The highest BCUT2D eigenvalue weighted by molar-refractivity contribution is 6.42. The zero-order valence-electron chi connectivity index (χ0n) is 17.9. The number of oxazole rings is 1. The number of carbonyl (C=O) groups excluding carboxylic acids is 1. The maximum absolute atomic E-state index is 12.5. The van der Waals surface area contributed by atoms with Crippen molar-refractivity contribution in [3.63, 3.8) is 0 Å². The van der Waals surface area contributed by atoms with Crippen LogP contribution in [0.15, 0.2) is 40.8 Å². The molecule has 1 N–H and O–H groups in total. The van der Waals surface area contributed by atoms with Crippen molar-refractivity contribution < 1.29 is 13.9 Å². The van der Waals surface area contributed by atoms with Gasteiger partial charge in [-0.3, -0.25) is 4.79 Å². The third-order valence-electron chi connectivity index (χ3n) is 5.09. The average Bonchev–Trinajstić information content (AvgIpc) is 3.19. The number of nitrogens with one attached hydrogen (secondary N) is 1. The summed E-state index contributed by atoms with van der Waals surface area (Å²) in [5.41, 5.74) is 4.69. The Balaban J connectivity index is 1.50. The minimum absolute atomic E-state index is 0.222. The molecule has 1 amide bonds. The first-order valence-corrected chi connectivity index (χ1v) is 11.4. The van der Waals surface area contributed by atoms with Crippen LogP contribution in [0.5, 0.6) is 5.75 Å². The number of aromatic nitrogens is 1. The number of halogens is 4. The third-order valence-corrected chi connectivity index (χ3v) is 6.88. The lowest BCUT2D eigenvalue weighted by molar-refractivity contribution is -0.118. The van der Waals surface area contributed by atoms with Crippen molar-refractivity contribution in [2.75, 3.05) is 11.9 Å². The summed E-state index contributed by atoms with van der Waals surface area (Å²) in [6.07, 6.45) is 0. The summed E-state index contributed by atoms with van der Waals surface area (Å²) in [5.74, 6) is 0.232. The minimum atomic E-state index is -0.392. The predicted octanol–water partition coefficient (Wildman–Crippen LogP) is 8.05. The number of hydrogen-bond acceptors (Lipinski definition) is 4. The van der Waals surface area contributed by atoms with Crippen molar-refractivity contribution in [2.45, 2.75) is 20.8 Å². The molecule has 4 aromatic rings. The lowest BCUT2D eigenvalue weighted by Gasteiger charge is -2.15. The van der Waals surface area contributed by atoms with Gasteiger partial charge in [0.2, 0.25) is 5.89 Å². The number of hydrogen-bond donors (Lipinski definition) is 1. The number of ether oxygens (including phenoxy) is 1. The lowest BCUT2D eigenvalue weighted by atomic mass is 10.1. The quantitative estimate of drug-likeness (QED) is 0.287. The average molecular weight is 524 g/mol. The molecule has 0 atom stereocenters. The molecule has 0 radical (unpaired) electrons. The van der Waals surface area contributed by atoms with Gasteiger partial charge >= 0.3 is 0 Å². The number of rotatable bonds is 5. The fourth-order valence-corrected chi connectivity index (χ4v) is 4.42. The van der Waals surface area contributed by atoms with E-state index in [1.54, 1.807) is 32.0 Å². The van der Waals surface area contributed by atoms with Crippen LogP contribution in [0.1, 0.15) is 16.7 Å². The van der Waals surface area contributed by atoms with E-state index in [0.29, 0.717) is 49.4 Å². The molecule has 0 unspecified atom stereocenters. The first-order valence-electron chi connectivity index (χ1n) is 9.89. The predicted molar refractivity (Wildman–Crippen MR) is 134 cm³/mol. The Morgan fingerprint density at radius 1 is 0.970 bits per heavy atom. The van der Waals surface area contributed by atoms with E-state index in [-0.39, 0.29) is 22.4 Å². The molecule has 9 heteroatoms. The molecule has 1 heterocycles. The van der Waals surface area contributed by atoms with E-state index < -0.39 is 5.91 Å². The maximum Gasteiger partial charge on any atom is 0.262 e. The second-order valence-electron chi connectivity index (χ2n) is 7.54. The molecule has 0 fully saturated rings. The van der Waals surface area contributed by atoms with Gasteiger partial charge in [0.15, 0.2) is 17.9 Å². The number of benzene rings is 3. The molecule has 4 rings (SSSR count). The number of fused-ring (bicyclic) bond motifs is 1. The number of anilines is 1. The van der Waals surface area contributed by atoms with Gasteiger partial charge < -0.3 is 14.5 Å². The van der Waals surface area contributed by atoms with Crippen LogP contribution in [0.2, 0.25) is 20.1 Å². The molecule has 0 aliphatic heterocycles. The lowest BCUT2D eigenvalue weighted by Crippen LogP contribution is -2.20. The van der Waals surface area contributed by atoms with E-state index in [1.807, 2.05) is 25.1 Å². The maximum atomic E-state index is 12.5. The Labute approximate surface area is 210 Å². The fraction of sp³-hybridized carbons (Fsp3) is 0.167. The zero-order valence-corrected chi connectivity index (χ0v) is 20.9. The van der Waals surface area contributed by atoms with Crippen LogP contribution < -0.4 is 10.1 Å². The van der Waals surface area contributed by atoms with Crippen LogP contribution in [0, 0.1) is 20.8 Å².